The summed E-state index contributed by atoms with van der Waals surface area (Å²) in [4.78, 5) is 30.3. The van der Waals surface area contributed by atoms with E-state index in [0.717, 1.165) is 50.2 Å². The molecule has 4 aromatic rings. The molecule has 1 N–H and O–H groups in total. The number of likely N-dealkylation sites (tertiary alicyclic amines) is 1. The van der Waals surface area contributed by atoms with Crippen LogP contribution in [0.25, 0.3) is 27.8 Å². The number of fused-ring (bicyclic) bond motifs is 1. The average molecular weight is 476 g/mol. The van der Waals surface area contributed by atoms with E-state index < -0.39 is 0 Å². The molecule has 0 aliphatic carbocycles. The first-order valence-corrected chi connectivity index (χ1v) is 11.6. The van der Waals surface area contributed by atoms with Crippen molar-refractivity contribution in [1.82, 2.24) is 24.9 Å². The minimum absolute atomic E-state index is 0.0438. The number of ether oxygens (including phenoxy) is 1. The van der Waals surface area contributed by atoms with E-state index in [-0.39, 0.29) is 11.5 Å². The lowest BCUT2D eigenvalue weighted by atomic mass is 9.77. The molecule has 2 aliphatic heterocycles. The van der Waals surface area contributed by atoms with E-state index in [1.165, 1.54) is 0 Å². The first-order valence-electron chi connectivity index (χ1n) is 11.2. The number of nitrogens with zero attached hydrogens (tertiary/aromatic N) is 4. The van der Waals surface area contributed by atoms with Gasteiger partial charge in [0.2, 0.25) is 0 Å². The third-order valence-electron chi connectivity index (χ3n) is 6.88. The molecule has 2 saturated heterocycles. The zero-order valence-electron chi connectivity index (χ0n) is 18.3. The molecular weight excluding hydrogens is 454 g/mol. The summed E-state index contributed by atoms with van der Waals surface area (Å²) < 4.78 is 6.96. The fourth-order valence-electron chi connectivity index (χ4n) is 4.68. The van der Waals surface area contributed by atoms with E-state index in [1.54, 1.807) is 47.3 Å². The van der Waals surface area contributed by atoms with Gasteiger partial charge in [-0.15, -0.1) is 5.10 Å². The SMILES string of the molecule is O=C(c1ccc(-n2cc(-c3cc4cc(Cl)ccc4[nH]c3=O)nn2)cc1)N1CCC2(CC1)COC2. The molecule has 1 amide bonds. The monoisotopic (exact) mass is 475 g/mol. The first-order chi connectivity index (χ1) is 16.5. The van der Waals surface area contributed by atoms with Crippen molar-refractivity contribution in [3.63, 3.8) is 0 Å². The van der Waals surface area contributed by atoms with Crippen LogP contribution in [0.1, 0.15) is 23.2 Å². The van der Waals surface area contributed by atoms with Gasteiger partial charge < -0.3 is 14.6 Å². The summed E-state index contributed by atoms with van der Waals surface area (Å²) in [5.74, 6) is 0.0438. The van der Waals surface area contributed by atoms with E-state index in [2.05, 4.69) is 15.3 Å². The Bertz CT molecular complexity index is 1450. The number of carbonyl (C=O) groups excluding carboxylic acids is 1. The predicted molar refractivity (Wildman–Crippen MR) is 128 cm³/mol. The highest BCUT2D eigenvalue weighted by atomic mass is 35.5. The van der Waals surface area contributed by atoms with Gasteiger partial charge in [0, 0.05) is 40.0 Å². The summed E-state index contributed by atoms with van der Waals surface area (Å²) in [7, 11) is 0. The third-order valence-corrected chi connectivity index (χ3v) is 7.12. The minimum Gasteiger partial charge on any atom is -0.380 e. The molecule has 2 aromatic heterocycles. The number of hydrogen-bond donors (Lipinski definition) is 1. The smallest absolute Gasteiger partial charge is 0.258 e. The van der Waals surface area contributed by atoms with Gasteiger partial charge in [0.15, 0.2) is 0 Å². The van der Waals surface area contributed by atoms with Crippen LogP contribution < -0.4 is 5.56 Å². The van der Waals surface area contributed by atoms with Gasteiger partial charge in [-0.1, -0.05) is 16.8 Å². The van der Waals surface area contributed by atoms with Crippen molar-refractivity contribution in [3.05, 3.63) is 75.7 Å². The van der Waals surface area contributed by atoms with E-state index in [4.69, 9.17) is 16.3 Å². The Balaban J connectivity index is 1.21. The van der Waals surface area contributed by atoms with Crippen molar-refractivity contribution in [2.75, 3.05) is 26.3 Å². The number of pyridine rings is 1. The molecule has 4 heterocycles. The van der Waals surface area contributed by atoms with E-state index >= 15 is 0 Å². The minimum atomic E-state index is -0.250. The Morgan fingerprint density at radius 2 is 1.82 bits per heavy atom. The van der Waals surface area contributed by atoms with Crippen molar-refractivity contribution in [3.8, 4) is 16.9 Å². The quantitative estimate of drug-likeness (QED) is 0.488. The topological polar surface area (TPSA) is 93.1 Å². The Kier molecular flexibility index (Phi) is 5.00. The fourth-order valence-corrected chi connectivity index (χ4v) is 4.86. The van der Waals surface area contributed by atoms with Crippen LogP contribution in [-0.4, -0.2) is 57.1 Å². The number of aromatic nitrogens is 4. The van der Waals surface area contributed by atoms with Gasteiger partial charge in [-0.2, -0.15) is 0 Å². The lowest BCUT2D eigenvalue weighted by Gasteiger charge is -2.47. The van der Waals surface area contributed by atoms with Gasteiger partial charge in [-0.3, -0.25) is 9.59 Å². The molecule has 0 saturated carbocycles. The Labute approximate surface area is 200 Å². The normalized spacial score (nSPS) is 17.1. The molecule has 6 rings (SSSR count). The maximum absolute atomic E-state index is 12.9. The lowest BCUT2D eigenvalue weighted by molar-refractivity contribution is -0.136. The van der Waals surface area contributed by atoms with Crippen LogP contribution in [0.15, 0.2) is 59.5 Å². The van der Waals surface area contributed by atoms with Crippen LogP contribution in [0.3, 0.4) is 0 Å². The largest absolute Gasteiger partial charge is 0.380 e. The van der Waals surface area contributed by atoms with E-state index in [0.29, 0.717) is 32.8 Å². The second-order valence-corrected chi connectivity index (χ2v) is 9.56. The van der Waals surface area contributed by atoms with Crippen LogP contribution in [0.2, 0.25) is 5.02 Å². The van der Waals surface area contributed by atoms with Gasteiger partial charge >= 0.3 is 0 Å². The van der Waals surface area contributed by atoms with Crippen LogP contribution in [0, 0.1) is 5.41 Å². The number of amides is 1. The highest BCUT2D eigenvalue weighted by Crippen LogP contribution is 2.38. The van der Waals surface area contributed by atoms with E-state index in [1.807, 2.05) is 17.0 Å². The van der Waals surface area contributed by atoms with Crippen LogP contribution in [0.4, 0.5) is 0 Å². The number of nitrogens with one attached hydrogen (secondary N) is 1. The number of hydrogen-bond acceptors (Lipinski definition) is 5. The Morgan fingerprint density at radius 1 is 1.06 bits per heavy atom. The van der Waals surface area contributed by atoms with Gasteiger partial charge in [0.05, 0.1) is 30.7 Å². The maximum atomic E-state index is 12.9. The molecule has 0 radical (unpaired) electrons. The van der Waals surface area contributed by atoms with Crippen LogP contribution >= 0.6 is 11.6 Å². The summed E-state index contributed by atoms with van der Waals surface area (Å²) in [5, 5.41) is 9.76. The van der Waals surface area contributed by atoms with Gasteiger partial charge in [0.25, 0.3) is 11.5 Å². The molecule has 2 aromatic carbocycles. The van der Waals surface area contributed by atoms with Gasteiger partial charge in [0.1, 0.15) is 5.69 Å². The summed E-state index contributed by atoms with van der Waals surface area (Å²) in [6, 6.07) is 14.3. The third kappa shape index (κ3) is 3.69. The van der Waals surface area contributed by atoms with Crippen molar-refractivity contribution >= 4 is 28.4 Å². The Morgan fingerprint density at radius 3 is 2.53 bits per heavy atom. The predicted octanol–water partition coefficient (Wildman–Crippen LogP) is 3.68. The summed E-state index contributed by atoms with van der Waals surface area (Å²) >= 11 is 6.09. The number of H-pyrrole nitrogens is 1. The first kappa shape index (κ1) is 21.1. The summed E-state index contributed by atoms with van der Waals surface area (Å²) in [6.45, 7) is 3.18. The number of aromatic amines is 1. The van der Waals surface area contributed by atoms with Crippen molar-refractivity contribution in [1.29, 1.82) is 0 Å². The van der Waals surface area contributed by atoms with Crippen molar-refractivity contribution in [2.24, 2.45) is 5.41 Å². The molecule has 2 aliphatic rings. The summed E-state index contributed by atoms with van der Waals surface area (Å²) in [6.07, 6.45) is 3.69. The Hall–Kier alpha value is -3.49. The molecule has 0 unspecified atom stereocenters. The maximum Gasteiger partial charge on any atom is 0.258 e. The number of benzene rings is 2. The van der Waals surface area contributed by atoms with Crippen LogP contribution in [0.5, 0.6) is 0 Å². The summed E-state index contributed by atoms with van der Waals surface area (Å²) in [5.41, 5.74) is 3.01. The lowest BCUT2D eigenvalue weighted by Crippen LogP contribution is -2.52. The highest BCUT2D eigenvalue weighted by molar-refractivity contribution is 6.31. The standard InChI is InChI=1S/C25H22ClN5O3/c26-18-3-6-21-17(11-18)12-20(23(32)27-21)22-13-31(29-28-22)19-4-1-16(2-5-19)24(33)30-9-7-25(8-10-30)14-34-15-25/h1-6,11-13H,7-10,14-15H2,(H,27,32). The van der Waals surface area contributed by atoms with Gasteiger partial charge in [-0.25, -0.2) is 4.68 Å². The number of halogens is 1. The van der Waals surface area contributed by atoms with Crippen molar-refractivity contribution in [2.45, 2.75) is 12.8 Å². The molecule has 9 heteroatoms. The molecule has 34 heavy (non-hydrogen) atoms. The fraction of sp³-hybridized carbons (Fsp3) is 0.280. The number of rotatable bonds is 3. The van der Waals surface area contributed by atoms with E-state index in [9.17, 15) is 9.59 Å². The molecule has 0 bridgehead atoms. The van der Waals surface area contributed by atoms with Crippen molar-refractivity contribution < 1.29 is 9.53 Å². The zero-order valence-corrected chi connectivity index (χ0v) is 19.1. The molecule has 8 nitrogen and oxygen atoms in total. The van der Waals surface area contributed by atoms with Gasteiger partial charge in [-0.05, 0) is 61.4 Å². The number of piperidine rings is 1. The molecule has 0 atom stereocenters. The second-order valence-electron chi connectivity index (χ2n) is 9.12. The second kappa shape index (κ2) is 8.07. The number of carbonyl (C=O) groups is 1. The molecule has 2 fully saturated rings. The zero-order chi connectivity index (χ0) is 23.3. The molecule has 172 valence electrons. The average Bonchev–Trinajstić information content (AvgIpc) is 3.33. The molecule has 1 spiro atoms. The highest BCUT2D eigenvalue weighted by Gasteiger charge is 2.42. The van der Waals surface area contributed by atoms with Crippen LogP contribution in [-0.2, 0) is 4.74 Å². The molecular formula is C25H22ClN5O3.